The minimum atomic E-state index is -0.899. The summed E-state index contributed by atoms with van der Waals surface area (Å²) in [5.41, 5.74) is 1.72. The Bertz CT molecular complexity index is 802. The van der Waals surface area contributed by atoms with Crippen molar-refractivity contribution in [1.29, 1.82) is 5.26 Å². The molecule has 1 atom stereocenters. The van der Waals surface area contributed by atoms with E-state index in [2.05, 4.69) is 0 Å². The minimum Gasteiger partial charge on any atom is -0.451 e. The van der Waals surface area contributed by atoms with E-state index in [0.717, 1.165) is 5.56 Å². The predicted octanol–water partition coefficient (Wildman–Crippen LogP) is 4.04. The number of ether oxygens (including phenoxy) is 1. The second-order valence-corrected chi connectivity index (χ2v) is 5.45. The van der Waals surface area contributed by atoms with Gasteiger partial charge in [0, 0.05) is 16.7 Å². The molecule has 0 aromatic heterocycles. The second-order valence-electron chi connectivity index (χ2n) is 5.02. The molecule has 0 aliphatic heterocycles. The molecule has 4 nitrogen and oxygen atoms in total. The molecule has 120 valence electrons. The fourth-order valence-corrected chi connectivity index (χ4v) is 2.07. The summed E-state index contributed by atoms with van der Waals surface area (Å²) in [6.07, 6.45) is 1.90. The molecule has 0 bridgehead atoms. The summed E-state index contributed by atoms with van der Waals surface area (Å²) in [7, 11) is 0. The Balaban J connectivity index is 1.95. The first-order valence-electron chi connectivity index (χ1n) is 7.18. The normalized spacial score (nSPS) is 11.7. The lowest BCUT2D eigenvalue weighted by Crippen LogP contribution is -2.23. The van der Waals surface area contributed by atoms with Crippen LogP contribution in [0.3, 0.4) is 0 Å². The fraction of sp³-hybridized carbons (Fsp3) is 0.105. The van der Waals surface area contributed by atoms with E-state index in [1.54, 1.807) is 54.6 Å². The van der Waals surface area contributed by atoms with E-state index < -0.39 is 12.1 Å². The zero-order valence-electron chi connectivity index (χ0n) is 12.9. The quantitative estimate of drug-likeness (QED) is 0.468. The van der Waals surface area contributed by atoms with Gasteiger partial charge < -0.3 is 4.74 Å². The van der Waals surface area contributed by atoms with Gasteiger partial charge in [0.25, 0.3) is 0 Å². The molecule has 0 saturated carbocycles. The molecule has 24 heavy (non-hydrogen) atoms. The SMILES string of the molecule is C[C@@H](OC(=O)/C=C/c1ccc(C#N)cc1)C(=O)c1ccc(Cl)cc1. The lowest BCUT2D eigenvalue weighted by Gasteiger charge is -2.10. The number of nitriles is 1. The molecule has 0 saturated heterocycles. The summed E-state index contributed by atoms with van der Waals surface area (Å²) in [6, 6.07) is 15.1. The van der Waals surface area contributed by atoms with Crippen LogP contribution in [0.25, 0.3) is 6.08 Å². The number of ketones is 1. The maximum Gasteiger partial charge on any atom is 0.331 e. The van der Waals surface area contributed by atoms with Crippen LogP contribution in [0.5, 0.6) is 0 Å². The van der Waals surface area contributed by atoms with Crippen LogP contribution in [0.2, 0.25) is 5.02 Å². The topological polar surface area (TPSA) is 67.2 Å². The van der Waals surface area contributed by atoms with E-state index in [9.17, 15) is 9.59 Å². The molecule has 0 amide bonds. The first kappa shape index (κ1) is 17.5. The molecular formula is C19H14ClNO3. The van der Waals surface area contributed by atoms with E-state index >= 15 is 0 Å². The van der Waals surface area contributed by atoms with E-state index in [1.807, 2.05) is 6.07 Å². The van der Waals surface area contributed by atoms with Crippen molar-refractivity contribution in [2.45, 2.75) is 13.0 Å². The number of hydrogen-bond acceptors (Lipinski definition) is 4. The lowest BCUT2D eigenvalue weighted by atomic mass is 10.1. The van der Waals surface area contributed by atoms with Gasteiger partial charge in [0.15, 0.2) is 6.10 Å². The molecule has 0 N–H and O–H groups in total. The van der Waals surface area contributed by atoms with Crippen molar-refractivity contribution >= 4 is 29.4 Å². The maximum atomic E-state index is 12.2. The number of nitrogens with zero attached hydrogens (tertiary/aromatic N) is 1. The minimum absolute atomic E-state index is 0.299. The third-order valence-corrected chi connectivity index (χ3v) is 3.49. The highest BCUT2D eigenvalue weighted by atomic mass is 35.5. The summed E-state index contributed by atoms with van der Waals surface area (Å²) in [6.45, 7) is 1.52. The zero-order chi connectivity index (χ0) is 17.5. The molecule has 2 rings (SSSR count). The van der Waals surface area contributed by atoms with Gasteiger partial charge in [0.2, 0.25) is 5.78 Å². The van der Waals surface area contributed by atoms with Crippen LogP contribution in [-0.2, 0) is 9.53 Å². The van der Waals surface area contributed by atoms with Crippen LogP contribution in [0.15, 0.2) is 54.6 Å². The van der Waals surface area contributed by atoms with Crippen molar-refractivity contribution in [3.63, 3.8) is 0 Å². The number of carbonyl (C=O) groups is 2. The van der Waals surface area contributed by atoms with E-state index in [4.69, 9.17) is 21.6 Å². The second kappa shape index (κ2) is 8.09. The Labute approximate surface area is 144 Å². The molecule has 0 spiro atoms. The monoisotopic (exact) mass is 339 g/mol. The third-order valence-electron chi connectivity index (χ3n) is 3.24. The Kier molecular flexibility index (Phi) is 5.89. The van der Waals surface area contributed by atoms with Gasteiger partial charge >= 0.3 is 5.97 Å². The molecule has 0 heterocycles. The zero-order valence-corrected chi connectivity index (χ0v) is 13.7. The maximum absolute atomic E-state index is 12.2. The molecule has 0 aliphatic carbocycles. The summed E-state index contributed by atoms with van der Waals surface area (Å²) in [5, 5.41) is 9.25. The molecule has 2 aromatic rings. The van der Waals surface area contributed by atoms with Crippen molar-refractivity contribution in [3.05, 3.63) is 76.3 Å². The molecule has 5 heteroatoms. The number of rotatable bonds is 5. The Morgan fingerprint density at radius 1 is 1.12 bits per heavy atom. The van der Waals surface area contributed by atoms with Crippen LogP contribution in [0.1, 0.15) is 28.4 Å². The molecular weight excluding hydrogens is 326 g/mol. The van der Waals surface area contributed by atoms with Crippen LogP contribution < -0.4 is 0 Å². The van der Waals surface area contributed by atoms with E-state index in [1.165, 1.54) is 13.0 Å². The van der Waals surface area contributed by atoms with Crippen LogP contribution in [0.4, 0.5) is 0 Å². The number of hydrogen-bond donors (Lipinski definition) is 0. The molecule has 2 aromatic carbocycles. The molecule has 0 fully saturated rings. The van der Waals surface area contributed by atoms with E-state index in [0.29, 0.717) is 16.1 Å². The fourth-order valence-electron chi connectivity index (χ4n) is 1.95. The van der Waals surface area contributed by atoms with Crippen LogP contribution >= 0.6 is 11.6 Å². The van der Waals surface area contributed by atoms with Crippen molar-refractivity contribution in [2.75, 3.05) is 0 Å². The van der Waals surface area contributed by atoms with Crippen molar-refractivity contribution in [3.8, 4) is 6.07 Å². The van der Waals surface area contributed by atoms with E-state index in [-0.39, 0.29) is 5.78 Å². The van der Waals surface area contributed by atoms with Crippen LogP contribution in [0, 0.1) is 11.3 Å². The highest BCUT2D eigenvalue weighted by Gasteiger charge is 2.18. The predicted molar refractivity (Wildman–Crippen MR) is 91.5 cm³/mol. The number of benzene rings is 2. The Morgan fingerprint density at radius 3 is 2.33 bits per heavy atom. The average Bonchev–Trinajstić information content (AvgIpc) is 2.60. The Hall–Kier alpha value is -2.90. The van der Waals surface area contributed by atoms with Gasteiger partial charge in [-0.3, -0.25) is 4.79 Å². The summed E-state index contributed by atoms with van der Waals surface area (Å²) < 4.78 is 5.10. The van der Waals surface area contributed by atoms with Gasteiger partial charge in [-0.05, 0) is 55.0 Å². The molecule has 0 radical (unpaired) electrons. The summed E-state index contributed by atoms with van der Waals surface area (Å²) in [5.74, 6) is -0.916. The van der Waals surface area contributed by atoms with Gasteiger partial charge in [-0.2, -0.15) is 5.26 Å². The lowest BCUT2D eigenvalue weighted by molar-refractivity contribution is -0.140. The van der Waals surface area contributed by atoms with Crippen LogP contribution in [-0.4, -0.2) is 17.9 Å². The van der Waals surface area contributed by atoms with Crippen molar-refractivity contribution < 1.29 is 14.3 Å². The first-order chi connectivity index (χ1) is 11.5. The number of carbonyl (C=O) groups excluding carboxylic acids is 2. The number of esters is 1. The van der Waals surface area contributed by atoms with Gasteiger partial charge in [-0.15, -0.1) is 0 Å². The Morgan fingerprint density at radius 2 is 1.75 bits per heavy atom. The summed E-state index contributed by atoms with van der Waals surface area (Å²) in [4.78, 5) is 24.0. The largest absolute Gasteiger partial charge is 0.451 e. The average molecular weight is 340 g/mol. The van der Waals surface area contributed by atoms with Gasteiger partial charge in [-0.25, -0.2) is 4.79 Å². The standard InChI is InChI=1S/C19H14ClNO3/c1-13(19(23)16-7-9-17(20)10-8-16)24-18(22)11-6-14-2-4-15(12-21)5-3-14/h2-11,13H,1H3/b11-6+/t13-/m1/s1. The van der Waals surface area contributed by atoms with Gasteiger partial charge in [0.1, 0.15) is 0 Å². The highest BCUT2D eigenvalue weighted by molar-refractivity contribution is 6.30. The van der Waals surface area contributed by atoms with Crippen molar-refractivity contribution in [1.82, 2.24) is 0 Å². The smallest absolute Gasteiger partial charge is 0.331 e. The molecule has 0 aliphatic rings. The first-order valence-corrected chi connectivity index (χ1v) is 7.56. The van der Waals surface area contributed by atoms with Gasteiger partial charge in [-0.1, -0.05) is 23.7 Å². The third kappa shape index (κ3) is 4.80. The summed E-state index contributed by atoms with van der Waals surface area (Å²) >= 11 is 5.78. The molecule has 0 unspecified atom stereocenters. The number of halogens is 1. The highest BCUT2D eigenvalue weighted by Crippen LogP contribution is 2.13. The van der Waals surface area contributed by atoms with Gasteiger partial charge in [0.05, 0.1) is 11.6 Å². The van der Waals surface area contributed by atoms with Crippen molar-refractivity contribution in [2.24, 2.45) is 0 Å². The number of Topliss-reactive ketones (excluding diaryl/α,β-unsaturated/α-hetero) is 1.